The molecule has 7 heteroatoms. The largest absolute Gasteiger partial charge is 0.493 e. The van der Waals surface area contributed by atoms with E-state index in [1.165, 1.54) is 44.9 Å². The van der Waals surface area contributed by atoms with Crippen LogP contribution in [0.1, 0.15) is 25.3 Å². The average Bonchev–Trinajstić information content (AvgIpc) is 2.72. The quantitative estimate of drug-likeness (QED) is 0.766. The number of nitrogens with zero attached hydrogens (tertiary/aromatic N) is 1. The first-order chi connectivity index (χ1) is 13.4. The number of hydrogen-bond donors (Lipinski definition) is 1. The molecule has 1 atom stereocenters. The van der Waals surface area contributed by atoms with Crippen molar-refractivity contribution in [3.8, 4) is 11.5 Å². The highest BCUT2D eigenvalue weighted by molar-refractivity contribution is 7.89. The van der Waals surface area contributed by atoms with Gasteiger partial charge < -0.3 is 14.4 Å². The standard InChI is InChI=1S/C21H28N2O4S/c1-16-5-4-12-23(15-16)18-8-6-17(7-9-18)14-22-28(24,25)19-10-11-20(26-2)21(13-19)27-3/h6-11,13,16,22H,4-5,12,14-15H2,1-3H3/t16-/m1/s1. The summed E-state index contributed by atoms with van der Waals surface area (Å²) in [6.07, 6.45) is 2.50. The van der Waals surface area contributed by atoms with E-state index >= 15 is 0 Å². The van der Waals surface area contributed by atoms with E-state index in [4.69, 9.17) is 9.47 Å². The number of nitrogens with one attached hydrogen (secondary N) is 1. The van der Waals surface area contributed by atoms with Gasteiger partial charge >= 0.3 is 0 Å². The molecular weight excluding hydrogens is 376 g/mol. The van der Waals surface area contributed by atoms with Gasteiger partial charge in [-0.1, -0.05) is 19.1 Å². The lowest BCUT2D eigenvalue weighted by Crippen LogP contribution is -2.34. The van der Waals surface area contributed by atoms with Crippen molar-refractivity contribution in [2.75, 3.05) is 32.2 Å². The van der Waals surface area contributed by atoms with E-state index in [0.29, 0.717) is 17.4 Å². The van der Waals surface area contributed by atoms with Crippen molar-refractivity contribution < 1.29 is 17.9 Å². The Bertz CT molecular complexity index is 897. The fraction of sp³-hybridized carbons (Fsp3) is 0.429. The van der Waals surface area contributed by atoms with Crippen LogP contribution in [0.4, 0.5) is 5.69 Å². The number of benzene rings is 2. The number of ether oxygens (including phenoxy) is 2. The molecule has 2 aromatic rings. The molecule has 0 bridgehead atoms. The molecule has 0 spiro atoms. The van der Waals surface area contributed by atoms with Gasteiger partial charge in [0.2, 0.25) is 10.0 Å². The maximum atomic E-state index is 12.6. The molecule has 1 aliphatic rings. The molecule has 1 saturated heterocycles. The molecule has 0 amide bonds. The third-order valence-corrected chi connectivity index (χ3v) is 6.49. The van der Waals surface area contributed by atoms with Gasteiger partial charge in [-0.25, -0.2) is 13.1 Å². The van der Waals surface area contributed by atoms with Crippen molar-refractivity contribution >= 4 is 15.7 Å². The highest BCUT2D eigenvalue weighted by Gasteiger charge is 2.18. The Kier molecular flexibility index (Phi) is 6.46. The van der Waals surface area contributed by atoms with Crippen LogP contribution in [-0.2, 0) is 16.6 Å². The molecule has 28 heavy (non-hydrogen) atoms. The van der Waals surface area contributed by atoms with Crippen LogP contribution < -0.4 is 19.1 Å². The number of anilines is 1. The van der Waals surface area contributed by atoms with Crippen molar-refractivity contribution in [3.63, 3.8) is 0 Å². The van der Waals surface area contributed by atoms with Crippen molar-refractivity contribution in [1.29, 1.82) is 0 Å². The molecule has 0 aromatic heterocycles. The van der Waals surface area contributed by atoms with Gasteiger partial charge in [-0.15, -0.1) is 0 Å². The Morgan fingerprint density at radius 1 is 1.07 bits per heavy atom. The molecule has 1 fully saturated rings. The zero-order valence-corrected chi connectivity index (χ0v) is 17.5. The van der Waals surface area contributed by atoms with Gasteiger partial charge in [0.1, 0.15) is 0 Å². The van der Waals surface area contributed by atoms with Crippen LogP contribution >= 0.6 is 0 Å². The Hall–Kier alpha value is -2.25. The van der Waals surface area contributed by atoms with Crippen molar-refractivity contribution in [1.82, 2.24) is 4.72 Å². The molecule has 3 rings (SSSR count). The molecule has 1 aliphatic heterocycles. The van der Waals surface area contributed by atoms with Gasteiger partial charge in [0.05, 0.1) is 19.1 Å². The van der Waals surface area contributed by atoms with Gasteiger partial charge in [0.25, 0.3) is 0 Å². The molecular formula is C21H28N2O4S. The summed E-state index contributed by atoms with van der Waals surface area (Å²) in [6.45, 7) is 4.66. The molecule has 152 valence electrons. The summed E-state index contributed by atoms with van der Waals surface area (Å²) < 4.78 is 38.2. The van der Waals surface area contributed by atoms with Crippen molar-refractivity contribution in [3.05, 3.63) is 48.0 Å². The van der Waals surface area contributed by atoms with Crippen LogP contribution in [0.25, 0.3) is 0 Å². The smallest absolute Gasteiger partial charge is 0.241 e. The van der Waals surface area contributed by atoms with E-state index in [0.717, 1.165) is 18.7 Å². The lowest BCUT2D eigenvalue weighted by Gasteiger charge is -2.32. The molecule has 1 N–H and O–H groups in total. The SMILES string of the molecule is COc1ccc(S(=O)(=O)NCc2ccc(N3CCC[C@@H](C)C3)cc2)cc1OC. The highest BCUT2D eigenvalue weighted by Crippen LogP contribution is 2.29. The minimum absolute atomic E-state index is 0.143. The summed E-state index contributed by atoms with van der Waals surface area (Å²) in [5.74, 6) is 1.58. The number of methoxy groups -OCH3 is 2. The second kappa shape index (κ2) is 8.84. The van der Waals surface area contributed by atoms with E-state index in [9.17, 15) is 8.42 Å². The third kappa shape index (κ3) is 4.77. The first-order valence-electron chi connectivity index (χ1n) is 9.48. The normalized spacial score (nSPS) is 17.4. The Balaban J connectivity index is 1.66. The fourth-order valence-corrected chi connectivity index (χ4v) is 4.53. The lowest BCUT2D eigenvalue weighted by atomic mass is 9.99. The number of hydrogen-bond acceptors (Lipinski definition) is 5. The van der Waals surface area contributed by atoms with Crippen LogP contribution in [-0.4, -0.2) is 35.7 Å². The van der Waals surface area contributed by atoms with Gasteiger partial charge in [0, 0.05) is 31.4 Å². The summed E-state index contributed by atoms with van der Waals surface area (Å²) >= 11 is 0. The molecule has 2 aromatic carbocycles. The van der Waals surface area contributed by atoms with Gasteiger partial charge in [-0.3, -0.25) is 0 Å². The minimum Gasteiger partial charge on any atom is -0.493 e. The van der Waals surface area contributed by atoms with E-state index in [2.05, 4.69) is 28.7 Å². The Labute approximate surface area is 167 Å². The van der Waals surface area contributed by atoms with Crippen LogP contribution in [0.2, 0.25) is 0 Å². The van der Waals surface area contributed by atoms with E-state index in [-0.39, 0.29) is 11.4 Å². The molecule has 0 unspecified atom stereocenters. The van der Waals surface area contributed by atoms with E-state index < -0.39 is 10.0 Å². The second-order valence-corrected chi connectivity index (χ2v) is 8.97. The highest BCUT2D eigenvalue weighted by atomic mass is 32.2. The van der Waals surface area contributed by atoms with E-state index in [1.807, 2.05) is 12.1 Å². The average molecular weight is 405 g/mol. The van der Waals surface area contributed by atoms with E-state index in [1.54, 1.807) is 6.07 Å². The van der Waals surface area contributed by atoms with Crippen molar-refractivity contribution in [2.24, 2.45) is 5.92 Å². The van der Waals surface area contributed by atoms with Crippen LogP contribution in [0.5, 0.6) is 11.5 Å². The topological polar surface area (TPSA) is 67.9 Å². The van der Waals surface area contributed by atoms with Gasteiger partial charge in [0.15, 0.2) is 11.5 Å². The number of piperidine rings is 1. The minimum atomic E-state index is -3.65. The first kappa shape index (κ1) is 20.5. The Morgan fingerprint density at radius 3 is 2.43 bits per heavy atom. The van der Waals surface area contributed by atoms with Crippen LogP contribution in [0.15, 0.2) is 47.4 Å². The third-order valence-electron chi connectivity index (χ3n) is 5.09. The monoisotopic (exact) mass is 404 g/mol. The predicted octanol–water partition coefficient (Wildman–Crippen LogP) is 3.42. The number of sulfonamides is 1. The molecule has 6 nitrogen and oxygen atoms in total. The summed E-state index contributed by atoms with van der Waals surface area (Å²) in [4.78, 5) is 2.54. The number of rotatable bonds is 7. The first-order valence-corrected chi connectivity index (χ1v) is 11.0. The zero-order valence-electron chi connectivity index (χ0n) is 16.6. The second-order valence-electron chi connectivity index (χ2n) is 7.20. The lowest BCUT2D eigenvalue weighted by molar-refractivity contribution is 0.354. The maximum absolute atomic E-state index is 12.6. The molecule has 0 aliphatic carbocycles. The predicted molar refractivity (Wildman–Crippen MR) is 111 cm³/mol. The maximum Gasteiger partial charge on any atom is 0.241 e. The molecule has 1 heterocycles. The van der Waals surface area contributed by atoms with Crippen LogP contribution in [0, 0.1) is 5.92 Å². The fourth-order valence-electron chi connectivity index (χ4n) is 3.49. The molecule has 0 saturated carbocycles. The summed E-state index contributed by atoms with van der Waals surface area (Å²) in [5.41, 5.74) is 2.11. The van der Waals surface area contributed by atoms with Gasteiger partial charge in [-0.2, -0.15) is 0 Å². The summed E-state index contributed by atoms with van der Waals surface area (Å²) in [7, 11) is -0.659. The Morgan fingerprint density at radius 2 is 1.79 bits per heavy atom. The molecule has 0 radical (unpaired) electrons. The zero-order chi connectivity index (χ0) is 20.1. The van der Waals surface area contributed by atoms with Gasteiger partial charge in [-0.05, 0) is 48.6 Å². The van der Waals surface area contributed by atoms with Crippen LogP contribution in [0.3, 0.4) is 0 Å². The van der Waals surface area contributed by atoms with Crippen molar-refractivity contribution in [2.45, 2.75) is 31.2 Å². The summed E-state index contributed by atoms with van der Waals surface area (Å²) in [5, 5.41) is 0. The summed E-state index contributed by atoms with van der Waals surface area (Å²) in [6, 6.07) is 12.6.